The Morgan fingerprint density at radius 2 is 1.75 bits per heavy atom. The van der Waals surface area contributed by atoms with Gasteiger partial charge in [0.25, 0.3) is 0 Å². The first-order valence-corrected chi connectivity index (χ1v) is 9.50. The van der Waals surface area contributed by atoms with Crippen LogP contribution in [0.25, 0.3) is 33.3 Å². The van der Waals surface area contributed by atoms with Gasteiger partial charge >= 0.3 is 0 Å². The molecule has 0 saturated carbocycles. The fourth-order valence-corrected chi connectivity index (χ4v) is 3.66. The Morgan fingerprint density at radius 1 is 0.964 bits per heavy atom. The largest absolute Gasteiger partial charge is 0.507 e. The van der Waals surface area contributed by atoms with Gasteiger partial charge in [-0.05, 0) is 52.8 Å². The average molecular weight is 373 g/mol. The molecule has 142 valence electrons. The van der Waals surface area contributed by atoms with Gasteiger partial charge in [0.05, 0.1) is 6.61 Å². The molecule has 4 aromatic rings. The normalized spacial score (nSPS) is 12.4. The van der Waals surface area contributed by atoms with E-state index in [-0.39, 0.29) is 12.4 Å². The number of fused-ring (bicyclic) bond motifs is 1. The third-order valence-corrected chi connectivity index (χ3v) is 5.43. The lowest BCUT2D eigenvalue weighted by molar-refractivity contribution is 0.282. The molecule has 0 radical (unpaired) electrons. The highest BCUT2D eigenvalue weighted by atomic mass is 16.3. The number of aromatic hydroxyl groups is 1. The molecule has 1 heterocycles. The third kappa shape index (κ3) is 3.04. The molecule has 0 spiro atoms. The quantitative estimate of drug-likeness (QED) is 0.460. The molecule has 28 heavy (non-hydrogen) atoms. The van der Waals surface area contributed by atoms with Crippen molar-refractivity contribution >= 4 is 11.0 Å². The lowest BCUT2D eigenvalue weighted by Gasteiger charge is -2.18. The molecular weight excluding hydrogens is 350 g/mol. The lowest BCUT2D eigenvalue weighted by atomic mass is 9.87. The molecule has 3 aromatic carbocycles. The molecule has 1 atom stereocenters. The molecule has 4 rings (SSSR count). The summed E-state index contributed by atoms with van der Waals surface area (Å²) in [5.41, 5.74) is 6.81. The topological polar surface area (TPSA) is 82.0 Å². The monoisotopic (exact) mass is 373 g/mol. The van der Waals surface area contributed by atoms with Gasteiger partial charge in [-0.3, -0.25) is 0 Å². The zero-order valence-corrected chi connectivity index (χ0v) is 16.0. The van der Waals surface area contributed by atoms with Crippen molar-refractivity contribution in [3.63, 3.8) is 0 Å². The van der Waals surface area contributed by atoms with Crippen molar-refractivity contribution in [1.82, 2.24) is 15.4 Å². The molecule has 0 aliphatic heterocycles. The first-order valence-electron chi connectivity index (χ1n) is 9.50. The second-order valence-corrected chi connectivity index (χ2v) is 7.08. The van der Waals surface area contributed by atoms with Crippen molar-refractivity contribution in [3.8, 4) is 28.0 Å². The van der Waals surface area contributed by atoms with Gasteiger partial charge in [0, 0.05) is 11.1 Å². The van der Waals surface area contributed by atoms with E-state index in [2.05, 4.69) is 29.3 Å². The fourth-order valence-electron chi connectivity index (χ4n) is 3.66. The standard InChI is InChI=1S/C23H23N3O2/c1-3-14(2)15-10-11-21(28)19(12-15)22-16(13-27)6-4-7-17(22)18-8-5-9-20-23(18)25-26-24-20/h4-12,14,27-28H,3,13H2,1-2H3,(H,24,25,26). The van der Waals surface area contributed by atoms with Gasteiger partial charge in [-0.15, -0.1) is 0 Å². The maximum atomic E-state index is 10.7. The Labute approximate surface area is 163 Å². The summed E-state index contributed by atoms with van der Waals surface area (Å²) in [6.07, 6.45) is 1.01. The Morgan fingerprint density at radius 3 is 2.54 bits per heavy atom. The number of benzene rings is 3. The van der Waals surface area contributed by atoms with Gasteiger partial charge in [0.15, 0.2) is 0 Å². The summed E-state index contributed by atoms with van der Waals surface area (Å²) < 4.78 is 0. The minimum Gasteiger partial charge on any atom is -0.507 e. The highest BCUT2D eigenvalue weighted by Gasteiger charge is 2.19. The van der Waals surface area contributed by atoms with Crippen LogP contribution in [-0.4, -0.2) is 25.6 Å². The van der Waals surface area contributed by atoms with E-state index in [1.54, 1.807) is 6.07 Å². The van der Waals surface area contributed by atoms with Crippen LogP contribution >= 0.6 is 0 Å². The van der Waals surface area contributed by atoms with E-state index in [1.807, 2.05) is 48.5 Å². The molecule has 1 unspecified atom stereocenters. The van der Waals surface area contributed by atoms with Crippen LogP contribution in [0, 0.1) is 0 Å². The van der Waals surface area contributed by atoms with Crippen molar-refractivity contribution in [3.05, 3.63) is 65.7 Å². The molecule has 1 aromatic heterocycles. The first kappa shape index (κ1) is 18.2. The minimum absolute atomic E-state index is 0.120. The first-order chi connectivity index (χ1) is 13.6. The predicted molar refractivity (Wildman–Crippen MR) is 111 cm³/mol. The van der Waals surface area contributed by atoms with Crippen LogP contribution in [0.3, 0.4) is 0 Å². The predicted octanol–water partition coefficient (Wildman–Crippen LogP) is 5.00. The number of aromatic nitrogens is 3. The molecule has 5 nitrogen and oxygen atoms in total. The number of hydrogen-bond acceptors (Lipinski definition) is 4. The summed E-state index contributed by atoms with van der Waals surface area (Å²) in [5, 5.41) is 31.9. The molecule has 0 aliphatic carbocycles. The van der Waals surface area contributed by atoms with E-state index in [1.165, 1.54) is 0 Å². The highest BCUT2D eigenvalue weighted by Crippen LogP contribution is 2.42. The van der Waals surface area contributed by atoms with Gasteiger partial charge in [0.2, 0.25) is 0 Å². The van der Waals surface area contributed by atoms with E-state index < -0.39 is 0 Å². The molecule has 0 amide bonds. The van der Waals surface area contributed by atoms with Crippen molar-refractivity contribution in [2.24, 2.45) is 0 Å². The number of aliphatic hydroxyl groups is 1. The Balaban J connectivity index is 2.02. The molecule has 0 fully saturated rings. The molecule has 0 aliphatic rings. The second kappa shape index (κ2) is 7.44. The highest BCUT2D eigenvalue weighted by molar-refractivity contribution is 5.98. The van der Waals surface area contributed by atoms with Crippen molar-refractivity contribution < 1.29 is 10.2 Å². The summed E-state index contributed by atoms with van der Waals surface area (Å²) in [7, 11) is 0. The zero-order valence-electron chi connectivity index (χ0n) is 16.0. The number of aromatic amines is 1. The van der Waals surface area contributed by atoms with Gasteiger partial charge in [-0.1, -0.05) is 50.2 Å². The number of nitrogens with one attached hydrogen (secondary N) is 1. The number of para-hydroxylation sites is 1. The SMILES string of the molecule is CCC(C)c1ccc(O)c(-c2c(CO)cccc2-c2cccc3n[nH]nc23)c1. The van der Waals surface area contributed by atoms with Crippen LogP contribution in [0.1, 0.15) is 37.3 Å². The van der Waals surface area contributed by atoms with E-state index in [9.17, 15) is 10.2 Å². The van der Waals surface area contributed by atoms with Gasteiger partial charge in [0.1, 0.15) is 16.8 Å². The van der Waals surface area contributed by atoms with Crippen LogP contribution in [0.5, 0.6) is 5.75 Å². The number of phenolic OH excluding ortho intramolecular Hbond substituents is 1. The van der Waals surface area contributed by atoms with Gasteiger partial charge in [-0.2, -0.15) is 15.4 Å². The van der Waals surface area contributed by atoms with Crippen LogP contribution in [0.4, 0.5) is 0 Å². The Hall–Kier alpha value is -3.18. The maximum Gasteiger partial charge on any atom is 0.123 e. The number of aliphatic hydroxyl groups excluding tert-OH is 1. The van der Waals surface area contributed by atoms with Gasteiger partial charge < -0.3 is 10.2 Å². The van der Waals surface area contributed by atoms with E-state index >= 15 is 0 Å². The summed E-state index contributed by atoms with van der Waals surface area (Å²) >= 11 is 0. The van der Waals surface area contributed by atoms with Crippen molar-refractivity contribution in [1.29, 1.82) is 0 Å². The summed E-state index contributed by atoms with van der Waals surface area (Å²) in [5.74, 6) is 0.574. The smallest absolute Gasteiger partial charge is 0.123 e. The van der Waals surface area contributed by atoms with Crippen LogP contribution in [0.2, 0.25) is 0 Å². The zero-order chi connectivity index (χ0) is 19.7. The third-order valence-electron chi connectivity index (χ3n) is 5.43. The summed E-state index contributed by atoms with van der Waals surface area (Å²) in [6, 6.07) is 17.4. The lowest BCUT2D eigenvalue weighted by Crippen LogP contribution is -1.97. The number of rotatable bonds is 5. The molecule has 0 bridgehead atoms. The second-order valence-electron chi connectivity index (χ2n) is 7.08. The fraction of sp³-hybridized carbons (Fsp3) is 0.217. The van der Waals surface area contributed by atoms with E-state index in [4.69, 9.17) is 0 Å². The van der Waals surface area contributed by atoms with Crippen molar-refractivity contribution in [2.75, 3.05) is 0 Å². The van der Waals surface area contributed by atoms with Crippen LogP contribution in [-0.2, 0) is 6.61 Å². The molecule has 3 N–H and O–H groups in total. The van der Waals surface area contributed by atoms with E-state index in [0.717, 1.165) is 50.8 Å². The summed E-state index contributed by atoms with van der Waals surface area (Å²) in [6.45, 7) is 4.20. The van der Waals surface area contributed by atoms with Crippen LogP contribution in [0.15, 0.2) is 54.6 Å². The Bertz CT molecular complexity index is 1130. The molecule has 0 saturated heterocycles. The average Bonchev–Trinajstić information content (AvgIpc) is 3.22. The summed E-state index contributed by atoms with van der Waals surface area (Å²) in [4.78, 5) is 0. The van der Waals surface area contributed by atoms with Crippen molar-refractivity contribution in [2.45, 2.75) is 32.8 Å². The molecule has 5 heteroatoms. The van der Waals surface area contributed by atoms with E-state index in [0.29, 0.717) is 5.92 Å². The minimum atomic E-state index is -0.120. The molecular formula is C23H23N3O2. The number of H-pyrrole nitrogens is 1. The number of nitrogens with zero attached hydrogens (tertiary/aromatic N) is 2. The van der Waals surface area contributed by atoms with Crippen LogP contribution < -0.4 is 0 Å². The number of phenols is 1. The van der Waals surface area contributed by atoms with Gasteiger partial charge in [-0.25, -0.2) is 0 Å². The Kier molecular flexibility index (Phi) is 4.84. The number of hydrogen-bond donors (Lipinski definition) is 3. The maximum absolute atomic E-state index is 10.7.